The molecule has 176 valence electrons. The highest BCUT2D eigenvalue weighted by molar-refractivity contribution is 9.10. The standard InChI is InChI=1S/C27H36Br2ClNO/c1-2-3-4-5-6-7-8-9-10-11-12-13-14-23(24-19-22(28)16-17-25(24)30)27(32)21-15-18-26(29)31-20-21/h15-20,23H,2-14H2,1H3. The van der Waals surface area contributed by atoms with Crippen LogP contribution < -0.4 is 0 Å². The van der Waals surface area contributed by atoms with Crippen LogP contribution in [0.4, 0.5) is 0 Å². The van der Waals surface area contributed by atoms with E-state index in [2.05, 4.69) is 43.8 Å². The van der Waals surface area contributed by atoms with Crippen molar-refractivity contribution in [2.45, 2.75) is 96.3 Å². The van der Waals surface area contributed by atoms with Crippen molar-refractivity contribution < 1.29 is 4.79 Å². The Labute approximate surface area is 216 Å². The number of halogens is 3. The second kappa shape index (κ2) is 16.0. The molecule has 0 N–H and O–H groups in total. The predicted octanol–water partition coefficient (Wildman–Crippen LogP) is 10.3. The van der Waals surface area contributed by atoms with Gasteiger partial charge in [0.1, 0.15) is 4.60 Å². The SMILES string of the molecule is CCCCCCCCCCCCCCC(C(=O)c1ccc(Br)nc1)c1cc(Br)ccc1Cl. The zero-order chi connectivity index (χ0) is 23.2. The molecular formula is C27H36Br2ClNO. The van der Waals surface area contributed by atoms with E-state index in [1.165, 1.54) is 64.2 Å². The van der Waals surface area contributed by atoms with E-state index < -0.39 is 0 Å². The molecule has 2 nitrogen and oxygen atoms in total. The summed E-state index contributed by atoms with van der Waals surface area (Å²) in [6, 6.07) is 9.41. The normalized spacial score (nSPS) is 12.1. The summed E-state index contributed by atoms with van der Waals surface area (Å²) >= 11 is 13.4. The van der Waals surface area contributed by atoms with Gasteiger partial charge in [0.15, 0.2) is 5.78 Å². The molecule has 0 aliphatic rings. The number of carbonyl (C=O) groups excluding carboxylic acids is 1. The molecule has 1 heterocycles. The Morgan fingerprint density at radius 3 is 2.03 bits per heavy atom. The summed E-state index contributed by atoms with van der Waals surface area (Å²) in [6.07, 6.45) is 18.1. The minimum Gasteiger partial charge on any atom is -0.293 e. The first kappa shape index (κ1) is 27.5. The van der Waals surface area contributed by atoms with Crippen LogP contribution in [0.15, 0.2) is 45.6 Å². The number of unbranched alkanes of at least 4 members (excludes halogenated alkanes) is 11. The van der Waals surface area contributed by atoms with Crippen LogP contribution in [0.3, 0.4) is 0 Å². The van der Waals surface area contributed by atoms with Crippen LogP contribution in [0.25, 0.3) is 0 Å². The Morgan fingerprint density at radius 2 is 1.47 bits per heavy atom. The zero-order valence-electron chi connectivity index (χ0n) is 19.2. The fraction of sp³-hybridized carbons (Fsp3) is 0.556. The summed E-state index contributed by atoms with van der Waals surface area (Å²) < 4.78 is 1.67. The van der Waals surface area contributed by atoms with E-state index in [0.717, 1.165) is 33.9 Å². The van der Waals surface area contributed by atoms with E-state index >= 15 is 0 Å². The van der Waals surface area contributed by atoms with Gasteiger partial charge in [-0.3, -0.25) is 4.79 Å². The van der Waals surface area contributed by atoms with Crippen LogP contribution in [0.5, 0.6) is 0 Å². The summed E-state index contributed by atoms with van der Waals surface area (Å²) in [5, 5.41) is 0.649. The molecule has 0 aliphatic heterocycles. The van der Waals surface area contributed by atoms with Crippen molar-refractivity contribution in [3.63, 3.8) is 0 Å². The third-order valence-corrected chi connectivity index (χ3v) is 7.31. The predicted molar refractivity (Wildman–Crippen MR) is 144 cm³/mol. The zero-order valence-corrected chi connectivity index (χ0v) is 23.2. The molecule has 32 heavy (non-hydrogen) atoms. The minimum absolute atomic E-state index is 0.0908. The van der Waals surface area contributed by atoms with Crippen molar-refractivity contribution in [1.82, 2.24) is 4.98 Å². The van der Waals surface area contributed by atoms with E-state index in [4.69, 9.17) is 11.6 Å². The van der Waals surface area contributed by atoms with Crippen molar-refractivity contribution in [2.75, 3.05) is 0 Å². The molecule has 2 aromatic rings. The number of hydrogen-bond acceptors (Lipinski definition) is 2. The monoisotopic (exact) mass is 583 g/mol. The summed E-state index contributed by atoms with van der Waals surface area (Å²) in [6.45, 7) is 2.27. The minimum atomic E-state index is -0.244. The quantitative estimate of drug-likeness (QED) is 0.111. The molecule has 0 radical (unpaired) electrons. The van der Waals surface area contributed by atoms with Gasteiger partial charge in [0.2, 0.25) is 0 Å². The van der Waals surface area contributed by atoms with Crippen LogP contribution in [0, 0.1) is 0 Å². The van der Waals surface area contributed by atoms with E-state index in [0.29, 0.717) is 10.6 Å². The van der Waals surface area contributed by atoms with Crippen LogP contribution >= 0.6 is 43.5 Å². The molecule has 0 saturated heterocycles. The molecule has 0 spiro atoms. The van der Waals surface area contributed by atoms with Gasteiger partial charge in [0.25, 0.3) is 0 Å². The third-order valence-electron chi connectivity index (χ3n) is 6.01. The van der Waals surface area contributed by atoms with E-state index in [9.17, 15) is 4.79 Å². The molecule has 0 fully saturated rings. The van der Waals surface area contributed by atoms with E-state index in [1.807, 2.05) is 30.3 Å². The van der Waals surface area contributed by atoms with Crippen molar-refractivity contribution in [2.24, 2.45) is 0 Å². The number of hydrogen-bond donors (Lipinski definition) is 0. The van der Waals surface area contributed by atoms with Crippen molar-refractivity contribution in [1.29, 1.82) is 0 Å². The molecule has 2 rings (SSSR count). The number of Topliss-reactive ketones (excluding diaryl/α,β-unsaturated/α-hetero) is 1. The number of nitrogens with zero attached hydrogens (tertiary/aromatic N) is 1. The second-order valence-corrected chi connectivity index (χ2v) is 10.8. The van der Waals surface area contributed by atoms with Gasteiger partial charge in [-0.25, -0.2) is 4.98 Å². The first-order valence-corrected chi connectivity index (χ1v) is 14.1. The number of aromatic nitrogens is 1. The summed E-state index contributed by atoms with van der Waals surface area (Å²) in [7, 11) is 0. The lowest BCUT2D eigenvalue weighted by Gasteiger charge is -2.18. The Hall–Kier alpha value is -0.710. The molecule has 0 bridgehead atoms. The molecule has 1 atom stereocenters. The highest BCUT2D eigenvalue weighted by atomic mass is 79.9. The molecular weight excluding hydrogens is 550 g/mol. The smallest absolute Gasteiger partial charge is 0.171 e. The van der Waals surface area contributed by atoms with Crippen LogP contribution in [-0.2, 0) is 0 Å². The van der Waals surface area contributed by atoms with E-state index in [-0.39, 0.29) is 11.7 Å². The first-order chi connectivity index (χ1) is 15.5. The van der Waals surface area contributed by atoms with Gasteiger partial charge in [0, 0.05) is 27.2 Å². The summed E-state index contributed by atoms with van der Waals surface area (Å²) in [5.41, 5.74) is 1.53. The third kappa shape index (κ3) is 10.1. The molecule has 1 aromatic carbocycles. The highest BCUT2D eigenvalue weighted by Crippen LogP contribution is 2.34. The van der Waals surface area contributed by atoms with Crippen molar-refractivity contribution in [3.8, 4) is 0 Å². The first-order valence-electron chi connectivity index (χ1n) is 12.1. The maximum atomic E-state index is 13.3. The molecule has 1 unspecified atom stereocenters. The maximum absolute atomic E-state index is 13.3. The van der Waals surface area contributed by atoms with E-state index in [1.54, 1.807) is 6.20 Å². The lowest BCUT2D eigenvalue weighted by atomic mass is 9.86. The number of benzene rings is 1. The van der Waals surface area contributed by atoms with Gasteiger partial charge in [-0.05, 0) is 58.2 Å². The van der Waals surface area contributed by atoms with Crippen molar-refractivity contribution in [3.05, 3.63) is 61.8 Å². The fourth-order valence-corrected chi connectivity index (χ4v) is 4.98. The number of carbonyl (C=O) groups is 1. The van der Waals surface area contributed by atoms with Gasteiger partial charge in [0.05, 0.1) is 0 Å². The van der Waals surface area contributed by atoms with Crippen LogP contribution in [0.2, 0.25) is 5.02 Å². The summed E-state index contributed by atoms with van der Waals surface area (Å²) in [5.74, 6) is -0.154. The fourth-order valence-electron chi connectivity index (χ4n) is 4.12. The maximum Gasteiger partial charge on any atom is 0.171 e. The molecule has 0 saturated carbocycles. The van der Waals surface area contributed by atoms with Gasteiger partial charge in [-0.15, -0.1) is 0 Å². The van der Waals surface area contributed by atoms with Gasteiger partial charge in [-0.2, -0.15) is 0 Å². The lowest BCUT2D eigenvalue weighted by molar-refractivity contribution is 0.0953. The van der Waals surface area contributed by atoms with Crippen LogP contribution in [-0.4, -0.2) is 10.8 Å². The molecule has 0 aliphatic carbocycles. The number of ketones is 1. The lowest BCUT2D eigenvalue weighted by Crippen LogP contribution is -2.14. The van der Waals surface area contributed by atoms with Crippen molar-refractivity contribution >= 4 is 49.2 Å². The Bertz CT molecular complexity index is 810. The van der Waals surface area contributed by atoms with Gasteiger partial charge < -0.3 is 0 Å². The Kier molecular flexibility index (Phi) is 13.8. The highest BCUT2D eigenvalue weighted by Gasteiger charge is 2.24. The largest absolute Gasteiger partial charge is 0.293 e. The van der Waals surface area contributed by atoms with Gasteiger partial charge >= 0.3 is 0 Å². The molecule has 5 heteroatoms. The molecule has 1 aromatic heterocycles. The Morgan fingerprint density at radius 1 is 0.875 bits per heavy atom. The number of pyridine rings is 1. The average molecular weight is 586 g/mol. The number of rotatable bonds is 16. The topological polar surface area (TPSA) is 30.0 Å². The van der Waals surface area contributed by atoms with Crippen LogP contribution in [0.1, 0.15) is 112 Å². The molecule has 0 amide bonds. The average Bonchev–Trinajstić information content (AvgIpc) is 2.79. The summed E-state index contributed by atoms with van der Waals surface area (Å²) in [4.78, 5) is 17.6. The Balaban J connectivity index is 1.81. The second-order valence-electron chi connectivity index (χ2n) is 8.63. The van der Waals surface area contributed by atoms with Gasteiger partial charge in [-0.1, -0.05) is 112 Å².